The zero-order valence-corrected chi connectivity index (χ0v) is 24.2. The number of fused-ring (bicyclic) bond motifs is 3. The van der Waals surface area contributed by atoms with E-state index in [-0.39, 0.29) is 25.4 Å². The molecule has 2 aliphatic heterocycles. The predicted octanol–water partition coefficient (Wildman–Crippen LogP) is 4.44. The summed E-state index contributed by atoms with van der Waals surface area (Å²) < 4.78 is 24.8. The minimum absolute atomic E-state index is 0.0335. The van der Waals surface area contributed by atoms with E-state index in [1.807, 2.05) is 19.9 Å². The number of carbonyl (C=O) groups excluding carboxylic acids is 3. The molecule has 1 aromatic carbocycles. The number of hydrogen-bond donors (Lipinski definition) is 1. The number of pyridine rings is 1. The second-order valence-electron chi connectivity index (χ2n) is 12.8. The molecule has 222 valence electrons. The Hall–Kier alpha value is -3.56. The Morgan fingerprint density at radius 2 is 1.76 bits per heavy atom. The maximum atomic E-state index is 13.5. The van der Waals surface area contributed by atoms with Gasteiger partial charge >= 0.3 is 17.9 Å². The Kier molecular flexibility index (Phi) is 6.81. The fourth-order valence-corrected chi connectivity index (χ4v) is 8.26. The highest BCUT2D eigenvalue weighted by atomic mass is 16.6. The normalized spacial score (nSPS) is 39.1. The van der Waals surface area contributed by atoms with E-state index in [2.05, 4.69) is 11.6 Å². The quantitative estimate of drug-likeness (QED) is 0.320. The number of hydrogen-bond acceptors (Lipinski definition) is 9. The summed E-state index contributed by atoms with van der Waals surface area (Å²) in [7, 11) is 0. The Morgan fingerprint density at radius 1 is 1.05 bits per heavy atom. The van der Waals surface area contributed by atoms with Crippen LogP contribution in [-0.4, -0.2) is 64.1 Å². The summed E-state index contributed by atoms with van der Waals surface area (Å²) in [5, 5.41) is 12.4. The van der Waals surface area contributed by atoms with E-state index in [1.54, 1.807) is 49.5 Å². The molecule has 1 N–H and O–H groups in total. The molecule has 3 heterocycles. The molecular weight excluding hydrogens is 538 g/mol. The molecule has 2 saturated heterocycles. The summed E-state index contributed by atoms with van der Waals surface area (Å²) in [6.45, 7) is 10.1. The van der Waals surface area contributed by atoms with Crippen LogP contribution in [0.4, 0.5) is 0 Å². The van der Waals surface area contributed by atoms with E-state index in [1.165, 1.54) is 6.20 Å². The lowest BCUT2D eigenvalue weighted by Crippen LogP contribution is -2.79. The zero-order valence-electron chi connectivity index (χ0n) is 24.2. The second-order valence-corrected chi connectivity index (χ2v) is 12.8. The molecular formula is C33H37NO8. The molecule has 9 nitrogen and oxygen atoms in total. The Balaban J connectivity index is 1.47. The molecule has 2 saturated carbocycles. The van der Waals surface area contributed by atoms with Gasteiger partial charge in [-0.1, -0.05) is 44.2 Å². The van der Waals surface area contributed by atoms with Gasteiger partial charge in [0.05, 0.1) is 17.5 Å². The van der Waals surface area contributed by atoms with Crippen molar-refractivity contribution in [2.75, 3.05) is 6.61 Å². The number of benzene rings is 1. The number of nitrogens with zero attached hydrogens (tertiary/aromatic N) is 1. The van der Waals surface area contributed by atoms with Crippen molar-refractivity contribution in [2.24, 2.45) is 16.7 Å². The number of rotatable bonds is 4. The van der Waals surface area contributed by atoms with Crippen LogP contribution in [0.25, 0.3) is 0 Å². The molecule has 4 aliphatic rings. The first-order valence-corrected chi connectivity index (χ1v) is 14.5. The summed E-state index contributed by atoms with van der Waals surface area (Å²) in [4.78, 5) is 43.4. The second kappa shape index (κ2) is 10.0. The van der Waals surface area contributed by atoms with Gasteiger partial charge in [0, 0.05) is 29.6 Å². The van der Waals surface area contributed by atoms with Crippen LogP contribution < -0.4 is 0 Å². The van der Waals surface area contributed by atoms with E-state index in [0.717, 1.165) is 12.0 Å². The minimum atomic E-state index is -1.40. The Morgan fingerprint density at radius 3 is 2.43 bits per heavy atom. The van der Waals surface area contributed by atoms with Crippen LogP contribution in [0.15, 0.2) is 67.0 Å². The smallest absolute Gasteiger partial charge is 0.339 e. The highest BCUT2D eigenvalue weighted by Crippen LogP contribution is 2.69. The van der Waals surface area contributed by atoms with Crippen LogP contribution in [0.2, 0.25) is 0 Å². The number of aliphatic hydroxyl groups excluding tert-OH is 1. The van der Waals surface area contributed by atoms with E-state index in [0.29, 0.717) is 24.0 Å². The molecule has 6 rings (SSSR count). The van der Waals surface area contributed by atoms with E-state index >= 15 is 0 Å². The minimum Gasteiger partial charge on any atom is -0.462 e. The fraction of sp³-hybridized carbons (Fsp3) is 0.515. The van der Waals surface area contributed by atoms with Gasteiger partial charge in [-0.2, -0.15) is 0 Å². The summed E-state index contributed by atoms with van der Waals surface area (Å²) in [6.07, 6.45) is 2.30. The lowest BCUT2D eigenvalue weighted by atomic mass is 9.41. The zero-order chi connectivity index (χ0) is 29.9. The molecule has 1 spiro atoms. The van der Waals surface area contributed by atoms with Crippen molar-refractivity contribution in [1.29, 1.82) is 0 Å². The van der Waals surface area contributed by atoms with E-state index in [4.69, 9.17) is 18.9 Å². The van der Waals surface area contributed by atoms with Crippen molar-refractivity contribution in [2.45, 2.75) is 82.4 Å². The molecule has 2 aliphatic carbocycles. The van der Waals surface area contributed by atoms with Gasteiger partial charge in [-0.25, -0.2) is 9.59 Å². The maximum absolute atomic E-state index is 13.5. The molecule has 0 radical (unpaired) electrons. The number of cyclic esters (lactones) is 1. The van der Waals surface area contributed by atoms with Crippen LogP contribution >= 0.6 is 0 Å². The van der Waals surface area contributed by atoms with E-state index < -0.39 is 58.3 Å². The monoisotopic (exact) mass is 575 g/mol. The predicted molar refractivity (Wildman–Crippen MR) is 150 cm³/mol. The van der Waals surface area contributed by atoms with Gasteiger partial charge < -0.3 is 24.1 Å². The largest absolute Gasteiger partial charge is 0.462 e. The van der Waals surface area contributed by atoms with Gasteiger partial charge in [0.15, 0.2) is 0 Å². The Labute approximate surface area is 245 Å². The molecule has 9 heteroatoms. The first kappa shape index (κ1) is 28.6. The van der Waals surface area contributed by atoms with Crippen molar-refractivity contribution >= 4 is 17.9 Å². The molecule has 42 heavy (non-hydrogen) atoms. The third-order valence-corrected chi connectivity index (χ3v) is 10.7. The third-order valence-electron chi connectivity index (χ3n) is 10.7. The maximum Gasteiger partial charge on any atom is 0.339 e. The SMILES string of the molecule is C=C1CCCC2C1(C)C(OC(=O)c1ccccc1)C(O)C1(C)OC3(COC(=O)C3)CC(OC(=O)c3cccnc3)C21C. The van der Waals surface area contributed by atoms with Gasteiger partial charge in [-0.15, -0.1) is 0 Å². The number of carbonyl (C=O) groups is 3. The number of aromatic nitrogens is 1. The molecule has 0 amide bonds. The van der Waals surface area contributed by atoms with Crippen LogP contribution in [-0.2, 0) is 23.7 Å². The summed E-state index contributed by atoms with van der Waals surface area (Å²) in [5.74, 6) is -1.79. The molecule has 0 bridgehead atoms. The van der Waals surface area contributed by atoms with Crippen LogP contribution in [0.1, 0.15) is 73.6 Å². The summed E-state index contributed by atoms with van der Waals surface area (Å²) in [5.41, 5.74) is -2.82. The molecule has 1 aromatic heterocycles. The molecule has 8 atom stereocenters. The van der Waals surface area contributed by atoms with Crippen LogP contribution in [0.3, 0.4) is 0 Å². The molecule has 4 fully saturated rings. The van der Waals surface area contributed by atoms with Crippen molar-refractivity contribution < 1.29 is 38.4 Å². The summed E-state index contributed by atoms with van der Waals surface area (Å²) in [6, 6.07) is 11.9. The highest BCUT2D eigenvalue weighted by molar-refractivity contribution is 5.90. The van der Waals surface area contributed by atoms with Gasteiger partial charge in [-0.05, 0) is 56.4 Å². The third kappa shape index (κ3) is 4.12. The first-order chi connectivity index (χ1) is 19.9. The van der Waals surface area contributed by atoms with Crippen LogP contribution in [0.5, 0.6) is 0 Å². The average Bonchev–Trinajstić information content (AvgIpc) is 3.34. The van der Waals surface area contributed by atoms with Gasteiger partial charge in [0.2, 0.25) is 0 Å². The number of ether oxygens (including phenoxy) is 4. The molecule has 2 aromatic rings. The van der Waals surface area contributed by atoms with Gasteiger partial charge in [0.25, 0.3) is 0 Å². The molecule has 8 unspecified atom stereocenters. The number of aliphatic hydroxyl groups is 1. The van der Waals surface area contributed by atoms with Gasteiger partial charge in [0.1, 0.15) is 36.1 Å². The highest BCUT2D eigenvalue weighted by Gasteiger charge is 2.76. The lowest BCUT2D eigenvalue weighted by Gasteiger charge is -2.70. The topological polar surface area (TPSA) is 121 Å². The lowest BCUT2D eigenvalue weighted by molar-refractivity contribution is -0.362. The van der Waals surface area contributed by atoms with Crippen molar-refractivity contribution in [3.05, 3.63) is 78.1 Å². The van der Waals surface area contributed by atoms with Crippen molar-refractivity contribution in [1.82, 2.24) is 4.98 Å². The standard InChI is InChI=1S/C33H37NO8/c1-20-10-8-14-23-30(20,2)27(41-28(37)21-11-6-5-7-12-21)26(36)32(4)31(23,3)24(16-33(42-32)17-25(35)39-19-33)40-29(38)22-13-9-15-34-18-22/h5-7,9,11-13,15,18,23-24,26-27,36H,1,8,10,14,16-17,19H2,2-4H3. The average molecular weight is 576 g/mol. The first-order valence-electron chi connectivity index (χ1n) is 14.5. The van der Waals surface area contributed by atoms with E-state index in [9.17, 15) is 19.5 Å². The van der Waals surface area contributed by atoms with Gasteiger partial charge in [-0.3, -0.25) is 9.78 Å². The van der Waals surface area contributed by atoms with Crippen molar-refractivity contribution in [3.8, 4) is 0 Å². The summed E-state index contributed by atoms with van der Waals surface area (Å²) >= 11 is 0. The van der Waals surface area contributed by atoms with Crippen LogP contribution in [0, 0.1) is 16.7 Å². The van der Waals surface area contributed by atoms with Crippen molar-refractivity contribution in [3.63, 3.8) is 0 Å². The number of esters is 3. The Bertz CT molecular complexity index is 1410. The fourth-order valence-electron chi connectivity index (χ4n) is 8.26.